The highest BCUT2D eigenvalue weighted by molar-refractivity contribution is 5.50. The van der Waals surface area contributed by atoms with E-state index in [9.17, 15) is 0 Å². The highest BCUT2D eigenvalue weighted by Gasteiger charge is 2.22. The quantitative estimate of drug-likeness (QED) is 0.370. The molecule has 14 heavy (non-hydrogen) atoms. The van der Waals surface area contributed by atoms with E-state index in [0.29, 0.717) is 0 Å². The van der Waals surface area contributed by atoms with E-state index < -0.39 is 0 Å². The molecule has 82 valence electrons. The summed E-state index contributed by atoms with van der Waals surface area (Å²) >= 11 is 0. The molecule has 0 N–H and O–H groups in total. The summed E-state index contributed by atoms with van der Waals surface area (Å²) in [5, 5.41) is 0. The van der Waals surface area contributed by atoms with Crippen LogP contribution in [0, 0.1) is 0 Å². The van der Waals surface area contributed by atoms with Crippen LogP contribution in [-0.2, 0) is 0 Å². The molecule has 1 unspecified atom stereocenters. The summed E-state index contributed by atoms with van der Waals surface area (Å²) in [5.74, 6) is 0. The Kier molecular flexibility index (Phi) is 7.45. The number of halogens is 1. The Hall–Kier alpha value is 0.100. The molecule has 0 bridgehead atoms. The van der Waals surface area contributed by atoms with Gasteiger partial charge in [0, 0.05) is 0 Å². The van der Waals surface area contributed by atoms with Gasteiger partial charge in [0.25, 0.3) is 0 Å². The predicted molar refractivity (Wildman–Crippen MR) is 57.4 cm³/mol. The lowest BCUT2D eigenvalue weighted by Gasteiger charge is -2.25. The van der Waals surface area contributed by atoms with Gasteiger partial charge in [-0.1, -0.05) is 19.8 Å². The van der Waals surface area contributed by atoms with Gasteiger partial charge in [0.1, 0.15) is 6.20 Å². The molecular formula is C11H21IN2. The second kappa shape index (κ2) is 7.40. The van der Waals surface area contributed by atoms with Crippen LogP contribution in [0.15, 0.2) is 17.4 Å². The number of hydrogen-bond acceptors (Lipinski definition) is 1. The Balaban J connectivity index is 0.00000169. The minimum Gasteiger partial charge on any atom is -1.00 e. The summed E-state index contributed by atoms with van der Waals surface area (Å²) in [5.41, 5.74) is 0. The summed E-state index contributed by atoms with van der Waals surface area (Å²) in [6.45, 7) is 6.82. The van der Waals surface area contributed by atoms with E-state index in [2.05, 4.69) is 31.4 Å². The van der Waals surface area contributed by atoms with Crippen LogP contribution in [0.1, 0.15) is 39.5 Å². The summed E-state index contributed by atoms with van der Waals surface area (Å²) < 4.78 is 0.962. The number of hydrogen-bond donors (Lipinski definition) is 0. The highest BCUT2D eigenvalue weighted by Crippen LogP contribution is 2.13. The maximum Gasteiger partial charge on any atom is 0.194 e. The molecule has 1 atom stereocenters. The maximum absolute atomic E-state index is 4.17. The molecule has 0 saturated carbocycles. The zero-order valence-corrected chi connectivity index (χ0v) is 11.4. The molecule has 1 heterocycles. The van der Waals surface area contributed by atoms with Gasteiger partial charge in [-0.2, -0.15) is 0 Å². The van der Waals surface area contributed by atoms with Gasteiger partial charge < -0.3 is 24.0 Å². The van der Waals surface area contributed by atoms with Crippen molar-refractivity contribution in [2.75, 3.05) is 13.1 Å². The minimum atomic E-state index is 0. The molecule has 0 amide bonds. The van der Waals surface area contributed by atoms with Crippen molar-refractivity contribution in [3.8, 4) is 0 Å². The lowest BCUT2D eigenvalue weighted by atomic mass is 10.2. The van der Waals surface area contributed by atoms with Gasteiger partial charge in [-0.05, 0) is 19.8 Å². The van der Waals surface area contributed by atoms with Crippen LogP contribution in [0.25, 0.3) is 0 Å². The topological polar surface area (TPSA) is 12.4 Å². The van der Waals surface area contributed by atoms with E-state index in [1.165, 1.54) is 32.2 Å². The molecule has 1 rings (SSSR count). The van der Waals surface area contributed by atoms with E-state index in [-0.39, 0.29) is 24.0 Å². The van der Waals surface area contributed by atoms with Gasteiger partial charge in [0.2, 0.25) is 0 Å². The van der Waals surface area contributed by atoms with Gasteiger partial charge in [-0.3, -0.25) is 4.48 Å². The maximum atomic E-state index is 4.17. The number of nitrogens with zero attached hydrogens (tertiary/aromatic N) is 2. The van der Waals surface area contributed by atoms with E-state index >= 15 is 0 Å². The van der Waals surface area contributed by atoms with Gasteiger partial charge in [0.15, 0.2) is 6.34 Å². The van der Waals surface area contributed by atoms with Crippen LogP contribution >= 0.6 is 0 Å². The highest BCUT2D eigenvalue weighted by atomic mass is 127. The van der Waals surface area contributed by atoms with Crippen LogP contribution in [0.4, 0.5) is 0 Å². The largest absolute Gasteiger partial charge is 1.00 e. The van der Waals surface area contributed by atoms with Crippen molar-refractivity contribution in [1.82, 2.24) is 0 Å². The first kappa shape index (κ1) is 14.1. The number of aliphatic imine (C=N–C) groups is 1. The summed E-state index contributed by atoms with van der Waals surface area (Å²) in [4.78, 5) is 4.17. The van der Waals surface area contributed by atoms with Gasteiger partial charge >= 0.3 is 0 Å². The molecule has 0 saturated heterocycles. The van der Waals surface area contributed by atoms with Crippen LogP contribution < -0.4 is 24.0 Å². The molecule has 0 aromatic heterocycles. The monoisotopic (exact) mass is 308 g/mol. The SMILES string of the molecule is CCCCCC[N+]1(CC)C=CN=C1.[I-]. The predicted octanol–water partition coefficient (Wildman–Crippen LogP) is -0.0795. The Bertz CT molecular complexity index is 187. The van der Waals surface area contributed by atoms with Crippen LogP contribution in [0.3, 0.4) is 0 Å². The molecule has 0 aromatic rings. The first-order valence-corrected chi connectivity index (χ1v) is 5.41. The minimum absolute atomic E-state index is 0. The van der Waals surface area contributed by atoms with Crippen molar-refractivity contribution in [1.29, 1.82) is 0 Å². The van der Waals surface area contributed by atoms with E-state index in [1.807, 2.05) is 6.20 Å². The van der Waals surface area contributed by atoms with Crippen LogP contribution in [0.2, 0.25) is 0 Å². The summed E-state index contributed by atoms with van der Waals surface area (Å²) in [7, 11) is 0. The van der Waals surface area contributed by atoms with E-state index in [4.69, 9.17) is 0 Å². The Morgan fingerprint density at radius 3 is 2.43 bits per heavy atom. The second-order valence-electron chi connectivity index (χ2n) is 3.77. The van der Waals surface area contributed by atoms with Crippen molar-refractivity contribution < 1.29 is 28.5 Å². The fourth-order valence-corrected chi connectivity index (χ4v) is 1.69. The van der Waals surface area contributed by atoms with Crippen molar-refractivity contribution in [3.05, 3.63) is 12.4 Å². The second-order valence-corrected chi connectivity index (χ2v) is 3.77. The molecule has 1 aliphatic heterocycles. The van der Waals surface area contributed by atoms with E-state index in [0.717, 1.165) is 11.0 Å². The lowest BCUT2D eigenvalue weighted by Crippen LogP contribution is -3.00. The Labute approximate surface area is 105 Å². The number of rotatable bonds is 6. The average molecular weight is 308 g/mol. The van der Waals surface area contributed by atoms with Crippen LogP contribution in [-0.4, -0.2) is 23.9 Å². The molecule has 0 aromatic carbocycles. The molecule has 0 spiro atoms. The van der Waals surface area contributed by atoms with Gasteiger partial charge in [0.05, 0.1) is 19.3 Å². The van der Waals surface area contributed by atoms with Gasteiger partial charge in [-0.15, -0.1) is 0 Å². The third-order valence-electron chi connectivity index (χ3n) is 2.76. The lowest BCUT2D eigenvalue weighted by molar-refractivity contribution is -0.777. The molecule has 0 fully saturated rings. The smallest absolute Gasteiger partial charge is 0.194 e. The normalized spacial score (nSPS) is 23.9. The molecule has 0 aliphatic carbocycles. The average Bonchev–Trinajstić information content (AvgIpc) is 2.62. The zero-order valence-electron chi connectivity index (χ0n) is 9.25. The first-order chi connectivity index (χ1) is 6.33. The van der Waals surface area contributed by atoms with Crippen molar-refractivity contribution in [3.63, 3.8) is 0 Å². The number of quaternary nitrogens is 1. The van der Waals surface area contributed by atoms with Crippen LogP contribution in [0.5, 0.6) is 0 Å². The molecule has 1 aliphatic rings. The standard InChI is InChI=1S/C11H21N2.HI/c1-3-5-6-7-9-13(4-2)10-8-12-11-13;/h8,10-11H,3-7,9H2,1-2H3;1H/q+1;/p-1. The summed E-state index contributed by atoms with van der Waals surface area (Å²) in [6, 6.07) is 0. The molecular weight excluding hydrogens is 287 g/mol. The Morgan fingerprint density at radius 1 is 1.14 bits per heavy atom. The third-order valence-corrected chi connectivity index (χ3v) is 2.76. The third kappa shape index (κ3) is 4.09. The Morgan fingerprint density at radius 2 is 1.93 bits per heavy atom. The fraction of sp³-hybridized carbons (Fsp3) is 0.727. The van der Waals surface area contributed by atoms with Crippen molar-refractivity contribution in [2.24, 2.45) is 4.99 Å². The fourth-order valence-electron chi connectivity index (χ4n) is 1.69. The van der Waals surface area contributed by atoms with E-state index in [1.54, 1.807) is 0 Å². The van der Waals surface area contributed by atoms with Gasteiger partial charge in [-0.25, -0.2) is 4.99 Å². The summed E-state index contributed by atoms with van der Waals surface area (Å²) in [6.07, 6.45) is 11.5. The first-order valence-electron chi connectivity index (χ1n) is 5.41. The molecule has 2 nitrogen and oxygen atoms in total. The molecule has 3 heteroatoms. The van der Waals surface area contributed by atoms with Crippen molar-refractivity contribution in [2.45, 2.75) is 39.5 Å². The molecule has 0 radical (unpaired) electrons. The zero-order chi connectivity index (χ0) is 9.57. The number of unbranched alkanes of at least 4 members (excludes halogenated alkanes) is 3. The van der Waals surface area contributed by atoms with Crippen molar-refractivity contribution >= 4 is 6.34 Å².